The normalized spacial score (nSPS) is 17.6. The van der Waals surface area contributed by atoms with Crippen molar-refractivity contribution in [2.24, 2.45) is 4.99 Å². The first kappa shape index (κ1) is 22.1. The van der Waals surface area contributed by atoms with Crippen LogP contribution in [0, 0.1) is 27.7 Å². The molecular formula is C24H29N3O2S. The van der Waals surface area contributed by atoms with Gasteiger partial charge in [-0.15, -0.1) is 0 Å². The average molecular weight is 424 g/mol. The molecule has 1 aliphatic rings. The molecule has 0 aromatic heterocycles. The summed E-state index contributed by atoms with van der Waals surface area (Å²) in [6.45, 7) is 10.6. The van der Waals surface area contributed by atoms with E-state index in [0.29, 0.717) is 11.7 Å². The molecule has 30 heavy (non-hydrogen) atoms. The summed E-state index contributed by atoms with van der Waals surface area (Å²) in [6, 6.07) is 12.0. The summed E-state index contributed by atoms with van der Waals surface area (Å²) in [4.78, 5) is 32.2. The van der Waals surface area contributed by atoms with Gasteiger partial charge in [-0.3, -0.25) is 14.5 Å². The number of amides is 2. The van der Waals surface area contributed by atoms with Gasteiger partial charge in [-0.1, -0.05) is 49.0 Å². The van der Waals surface area contributed by atoms with Gasteiger partial charge in [0.05, 0.1) is 5.69 Å². The van der Waals surface area contributed by atoms with Gasteiger partial charge in [0.2, 0.25) is 11.8 Å². The third-order valence-electron chi connectivity index (χ3n) is 5.16. The number of nitrogens with one attached hydrogen (secondary N) is 1. The maximum Gasteiger partial charge on any atom is 0.242 e. The molecule has 5 nitrogen and oxygen atoms in total. The highest BCUT2D eigenvalue weighted by molar-refractivity contribution is 8.15. The Bertz CT molecular complexity index is 980. The first-order valence-corrected chi connectivity index (χ1v) is 11.2. The van der Waals surface area contributed by atoms with E-state index in [9.17, 15) is 9.59 Å². The lowest BCUT2D eigenvalue weighted by molar-refractivity contribution is -0.128. The van der Waals surface area contributed by atoms with E-state index < -0.39 is 5.25 Å². The number of hydrogen-bond donors (Lipinski definition) is 1. The second-order valence-electron chi connectivity index (χ2n) is 7.80. The van der Waals surface area contributed by atoms with Gasteiger partial charge < -0.3 is 5.32 Å². The number of rotatable bonds is 6. The van der Waals surface area contributed by atoms with Crippen LogP contribution in [-0.2, 0) is 9.59 Å². The largest absolute Gasteiger partial charge is 0.326 e. The Labute approximate surface area is 183 Å². The molecule has 158 valence electrons. The van der Waals surface area contributed by atoms with Crippen molar-refractivity contribution in [3.63, 3.8) is 0 Å². The molecule has 2 amide bonds. The van der Waals surface area contributed by atoms with Crippen LogP contribution in [0.2, 0.25) is 0 Å². The lowest BCUT2D eigenvalue weighted by Gasteiger charge is -2.16. The monoisotopic (exact) mass is 423 g/mol. The summed E-state index contributed by atoms with van der Waals surface area (Å²) in [5, 5.41) is 3.22. The van der Waals surface area contributed by atoms with Crippen LogP contribution in [0.5, 0.6) is 0 Å². The van der Waals surface area contributed by atoms with Crippen molar-refractivity contribution in [1.82, 2.24) is 4.90 Å². The van der Waals surface area contributed by atoms with Crippen LogP contribution in [0.15, 0.2) is 41.4 Å². The van der Waals surface area contributed by atoms with Gasteiger partial charge in [0.25, 0.3) is 0 Å². The van der Waals surface area contributed by atoms with Crippen LogP contribution >= 0.6 is 11.8 Å². The van der Waals surface area contributed by atoms with Crippen molar-refractivity contribution < 1.29 is 9.59 Å². The molecule has 1 aliphatic heterocycles. The molecule has 3 rings (SSSR count). The Morgan fingerprint density at radius 2 is 1.80 bits per heavy atom. The number of carbonyl (C=O) groups is 2. The Morgan fingerprint density at radius 1 is 1.10 bits per heavy atom. The summed E-state index contributed by atoms with van der Waals surface area (Å²) in [5.41, 5.74) is 5.91. The third-order valence-corrected chi connectivity index (χ3v) is 6.34. The molecule has 1 heterocycles. The molecule has 0 aliphatic carbocycles. The molecule has 1 atom stereocenters. The minimum absolute atomic E-state index is 0.0393. The predicted octanol–water partition coefficient (Wildman–Crippen LogP) is 5.29. The zero-order valence-corrected chi connectivity index (χ0v) is 19.1. The second kappa shape index (κ2) is 9.47. The topological polar surface area (TPSA) is 61.8 Å². The van der Waals surface area contributed by atoms with Gasteiger partial charge in [-0.05, 0) is 62.4 Å². The van der Waals surface area contributed by atoms with E-state index in [-0.39, 0.29) is 18.2 Å². The lowest BCUT2D eigenvalue weighted by atomic mass is 10.1. The van der Waals surface area contributed by atoms with E-state index in [1.165, 1.54) is 11.8 Å². The summed E-state index contributed by atoms with van der Waals surface area (Å²) < 4.78 is 0. The van der Waals surface area contributed by atoms with Crippen LogP contribution in [-0.4, -0.2) is 33.7 Å². The van der Waals surface area contributed by atoms with E-state index >= 15 is 0 Å². The Kier molecular flexibility index (Phi) is 6.98. The molecule has 1 saturated heterocycles. The van der Waals surface area contributed by atoms with Crippen LogP contribution in [0.4, 0.5) is 11.4 Å². The van der Waals surface area contributed by atoms with Crippen molar-refractivity contribution in [3.05, 3.63) is 58.7 Å². The molecule has 0 radical (unpaired) electrons. The summed E-state index contributed by atoms with van der Waals surface area (Å²) >= 11 is 1.39. The van der Waals surface area contributed by atoms with Crippen molar-refractivity contribution in [3.8, 4) is 0 Å². The fourth-order valence-electron chi connectivity index (χ4n) is 3.47. The molecule has 0 saturated carbocycles. The fraction of sp³-hybridized carbons (Fsp3) is 0.375. The Hall–Kier alpha value is -2.60. The van der Waals surface area contributed by atoms with Crippen molar-refractivity contribution >= 4 is 40.1 Å². The number of nitrogens with zero attached hydrogens (tertiary/aromatic N) is 2. The zero-order chi connectivity index (χ0) is 21.8. The SMILES string of the molecule is CCCN1C(=O)[C@H](CC(=O)Nc2c(C)cccc2C)SC1=Nc1cc(C)ccc1C. The van der Waals surface area contributed by atoms with E-state index in [4.69, 9.17) is 4.99 Å². The molecule has 2 aromatic rings. The zero-order valence-electron chi connectivity index (χ0n) is 18.3. The van der Waals surface area contributed by atoms with E-state index in [2.05, 4.69) is 11.4 Å². The summed E-state index contributed by atoms with van der Waals surface area (Å²) in [5.74, 6) is -0.190. The first-order chi connectivity index (χ1) is 14.3. The Balaban J connectivity index is 1.79. The number of aryl methyl sites for hydroxylation is 4. The minimum atomic E-state index is -0.454. The Morgan fingerprint density at radius 3 is 2.47 bits per heavy atom. The first-order valence-electron chi connectivity index (χ1n) is 10.3. The van der Waals surface area contributed by atoms with Gasteiger partial charge >= 0.3 is 0 Å². The van der Waals surface area contributed by atoms with Crippen LogP contribution in [0.25, 0.3) is 0 Å². The minimum Gasteiger partial charge on any atom is -0.326 e. The van der Waals surface area contributed by atoms with Crippen molar-refractivity contribution in [2.45, 2.75) is 52.7 Å². The smallest absolute Gasteiger partial charge is 0.242 e. The van der Waals surface area contributed by atoms with E-state index in [0.717, 1.165) is 40.0 Å². The van der Waals surface area contributed by atoms with E-state index in [1.807, 2.05) is 65.0 Å². The van der Waals surface area contributed by atoms with Gasteiger partial charge in [-0.25, -0.2) is 4.99 Å². The number of thioether (sulfide) groups is 1. The van der Waals surface area contributed by atoms with Gasteiger partial charge in [0.1, 0.15) is 5.25 Å². The number of benzene rings is 2. The number of anilines is 1. The number of hydrogen-bond acceptors (Lipinski definition) is 4. The van der Waals surface area contributed by atoms with E-state index in [1.54, 1.807) is 4.90 Å². The number of carbonyl (C=O) groups excluding carboxylic acids is 2. The maximum absolute atomic E-state index is 13.0. The average Bonchev–Trinajstić information content (AvgIpc) is 2.97. The van der Waals surface area contributed by atoms with Crippen molar-refractivity contribution in [1.29, 1.82) is 0 Å². The molecule has 2 aromatic carbocycles. The van der Waals surface area contributed by atoms with Gasteiger partial charge in [0, 0.05) is 18.7 Å². The highest BCUT2D eigenvalue weighted by atomic mass is 32.2. The van der Waals surface area contributed by atoms with Crippen molar-refractivity contribution in [2.75, 3.05) is 11.9 Å². The fourth-order valence-corrected chi connectivity index (χ4v) is 4.64. The molecule has 1 N–H and O–H groups in total. The molecule has 0 bridgehead atoms. The van der Waals surface area contributed by atoms with Gasteiger partial charge in [-0.2, -0.15) is 0 Å². The molecule has 1 fully saturated rings. The highest BCUT2D eigenvalue weighted by Gasteiger charge is 2.38. The molecular weight excluding hydrogens is 394 g/mol. The molecule has 6 heteroatoms. The standard InChI is InChI=1S/C24H29N3O2S/c1-6-12-27-23(29)20(14-21(28)26-22-17(4)8-7-9-18(22)5)30-24(27)25-19-13-15(2)10-11-16(19)3/h7-11,13,20H,6,12,14H2,1-5H3,(H,26,28)/t20-/m0/s1. The molecule has 0 spiro atoms. The number of aliphatic imine (C=N–C) groups is 1. The number of para-hydroxylation sites is 1. The van der Waals surface area contributed by atoms with Crippen LogP contribution in [0.3, 0.4) is 0 Å². The summed E-state index contributed by atoms with van der Waals surface area (Å²) in [7, 11) is 0. The second-order valence-corrected chi connectivity index (χ2v) is 8.97. The lowest BCUT2D eigenvalue weighted by Crippen LogP contribution is -2.34. The summed E-state index contributed by atoms with van der Waals surface area (Å²) in [6.07, 6.45) is 0.961. The predicted molar refractivity (Wildman–Crippen MR) is 126 cm³/mol. The highest BCUT2D eigenvalue weighted by Crippen LogP contribution is 2.33. The number of amidine groups is 1. The third kappa shape index (κ3) is 4.93. The van der Waals surface area contributed by atoms with Gasteiger partial charge in [0.15, 0.2) is 5.17 Å². The molecule has 0 unspecified atom stereocenters. The van der Waals surface area contributed by atoms with Crippen LogP contribution in [0.1, 0.15) is 42.0 Å². The maximum atomic E-state index is 13.0. The quantitative estimate of drug-likeness (QED) is 0.687. The van der Waals surface area contributed by atoms with Crippen LogP contribution < -0.4 is 5.32 Å².